The summed E-state index contributed by atoms with van der Waals surface area (Å²) in [5.41, 5.74) is 2.62. The van der Waals surface area contributed by atoms with E-state index in [4.69, 9.17) is 0 Å². The number of aromatic nitrogens is 1. The predicted molar refractivity (Wildman–Crippen MR) is 78.4 cm³/mol. The van der Waals surface area contributed by atoms with Crippen LogP contribution in [0, 0.1) is 20.8 Å². The van der Waals surface area contributed by atoms with Gasteiger partial charge >= 0.3 is 0 Å². The van der Waals surface area contributed by atoms with Gasteiger partial charge in [0.1, 0.15) is 0 Å². The molecule has 0 radical (unpaired) electrons. The number of nitrogens with zero attached hydrogens (tertiary/aromatic N) is 2. The Hall–Kier alpha value is -1.40. The maximum absolute atomic E-state index is 12.6. The van der Waals surface area contributed by atoms with Gasteiger partial charge in [0.25, 0.3) is 10.0 Å². The van der Waals surface area contributed by atoms with Gasteiger partial charge in [-0.15, -0.1) is 11.3 Å². The van der Waals surface area contributed by atoms with Crippen molar-refractivity contribution in [2.24, 2.45) is 0 Å². The number of sulfonamides is 1. The SMILES string of the molecule is Cc1ccc(S(=O)(=O)N(C)c2nc(C)cs2)c(C)c1. The number of aryl methyl sites for hydroxylation is 3. The van der Waals surface area contributed by atoms with Crippen LogP contribution in [0.2, 0.25) is 0 Å². The maximum Gasteiger partial charge on any atom is 0.266 e. The summed E-state index contributed by atoms with van der Waals surface area (Å²) >= 11 is 1.32. The van der Waals surface area contributed by atoms with E-state index in [1.165, 1.54) is 22.7 Å². The normalized spacial score (nSPS) is 11.6. The van der Waals surface area contributed by atoms with Gasteiger partial charge in [-0.3, -0.25) is 0 Å². The molecule has 0 saturated carbocycles. The van der Waals surface area contributed by atoms with Crippen LogP contribution in [-0.4, -0.2) is 20.4 Å². The van der Waals surface area contributed by atoms with Crippen LogP contribution < -0.4 is 4.31 Å². The molecule has 0 spiro atoms. The number of hydrogen-bond acceptors (Lipinski definition) is 4. The van der Waals surface area contributed by atoms with Gasteiger partial charge in [0.15, 0.2) is 5.13 Å². The minimum absolute atomic E-state index is 0.327. The van der Waals surface area contributed by atoms with Crippen LogP contribution >= 0.6 is 11.3 Å². The Morgan fingerprint density at radius 3 is 2.42 bits per heavy atom. The number of rotatable bonds is 3. The van der Waals surface area contributed by atoms with Crippen molar-refractivity contribution < 1.29 is 8.42 Å². The standard InChI is InChI=1S/C13H16N2O2S2/c1-9-5-6-12(10(2)7-9)19(16,17)15(4)13-14-11(3)8-18-13/h5-8H,1-4H3. The maximum atomic E-state index is 12.6. The lowest BCUT2D eigenvalue weighted by molar-refractivity contribution is 0.593. The molecule has 0 bridgehead atoms. The van der Waals surface area contributed by atoms with Gasteiger partial charge in [0, 0.05) is 12.4 Å². The second-order valence-electron chi connectivity index (χ2n) is 4.51. The molecule has 0 aliphatic rings. The number of benzene rings is 1. The van der Waals surface area contributed by atoms with Crippen molar-refractivity contribution in [2.75, 3.05) is 11.4 Å². The van der Waals surface area contributed by atoms with Crippen LogP contribution in [0.4, 0.5) is 5.13 Å². The summed E-state index contributed by atoms with van der Waals surface area (Å²) in [4.78, 5) is 4.54. The Labute approximate surface area is 117 Å². The molecule has 4 nitrogen and oxygen atoms in total. The Bertz CT molecular complexity index is 705. The Morgan fingerprint density at radius 1 is 1.21 bits per heavy atom. The van der Waals surface area contributed by atoms with E-state index in [9.17, 15) is 8.42 Å². The average Bonchev–Trinajstić information content (AvgIpc) is 2.74. The third-order valence-corrected chi connectivity index (χ3v) is 5.90. The molecule has 0 atom stereocenters. The molecule has 0 aliphatic carbocycles. The summed E-state index contributed by atoms with van der Waals surface area (Å²) in [6, 6.07) is 5.33. The first kappa shape index (κ1) is 14.0. The lowest BCUT2D eigenvalue weighted by Gasteiger charge is -2.18. The molecule has 6 heteroatoms. The second-order valence-corrected chi connectivity index (χ2v) is 7.29. The molecule has 0 unspecified atom stereocenters. The average molecular weight is 296 g/mol. The van der Waals surface area contributed by atoms with E-state index in [2.05, 4.69) is 4.98 Å². The molecule has 19 heavy (non-hydrogen) atoms. The number of hydrogen-bond donors (Lipinski definition) is 0. The summed E-state index contributed by atoms with van der Waals surface area (Å²) < 4.78 is 26.4. The van der Waals surface area contributed by atoms with Crippen molar-refractivity contribution in [3.8, 4) is 0 Å². The number of anilines is 1. The van der Waals surface area contributed by atoms with E-state index in [0.29, 0.717) is 10.0 Å². The minimum atomic E-state index is -3.54. The van der Waals surface area contributed by atoms with E-state index < -0.39 is 10.0 Å². The van der Waals surface area contributed by atoms with Crippen molar-refractivity contribution in [3.05, 3.63) is 40.4 Å². The highest BCUT2D eigenvalue weighted by Crippen LogP contribution is 2.27. The molecule has 1 aromatic heterocycles. The van der Waals surface area contributed by atoms with Gasteiger partial charge in [-0.25, -0.2) is 17.7 Å². The summed E-state index contributed by atoms with van der Waals surface area (Å²) in [6.07, 6.45) is 0. The lowest BCUT2D eigenvalue weighted by atomic mass is 10.2. The fourth-order valence-corrected chi connectivity index (χ4v) is 4.17. The van der Waals surface area contributed by atoms with Crippen LogP contribution in [0.1, 0.15) is 16.8 Å². The molecule has 1 aromatic carbocycles. The molecule has 0 fully saturated rings. The number of thiazole rings is 1. The molecule has 1 heterocycles. The largest absolute Gasteiger partial charge is 0.266 e. The third kappa shape index (κ3) is 2.64. The first-order chi connectivity index (χ1) is 8.82. The zero-order valence-corrected chi connectivity index (χ0v) is 13.0. The van der Waals surface area contributed by atoms with Crippen LogP contribution in [0.3, 0.4) is 0 Å². The van der Waals surface area contributed by atoms with Crippen molar-refractivity contribution in [1.29, 1.82) is 0 Å². The fourth-order valence-electron chi connectivity index (χ4n) is 1.83. The fraction of sp³-hybridized carbons (Fsp3) is 0.308. The van der Waals surface area contributed by atoms with Gasteiger partial charge in [-0.05, 0) is 32.4 Å². The zero-order valence-electron chi connectivity index (χ0n) is 11.3. The van der Waals surface area contributed by atoms with Crippen molar-refractivity contribution in [2.45, 2.75) is 25.7 Å². The molecule has 2 rings (SSSR count). The van der Waals surface area contributed by atoms with Crippen LogP contribution in [0.5, 0.6) is 0 Å². The Morgan fingerprint density at radius 2 is 1.89 bits per heavy atom. The van der Waals surface area contributed by atoms with E-state index >= 15 is 0 Å². The van der Waals surface area contributed by atoms with Crippen molar-refractivity contribution in [3.63, 3.8) is 0 Å². The van der Waals surface area contributed by atoms with Crippen LogP contribution in [-0.2, 0) is 10.0 Å². The predicted octanol–water partition coefficient (Wildman–Crippen LogP) is 2.89. The highest BCUT2D eigenvalue weighted by Gasteiger charge is 2.24. The highest BCUT2D eigenvalue weighted by atomic mass is 32.2. The summed E-state index contributed by atoms with van der Waals surface area (Å²) in [5.74, 6) is 0. The van der Waals surface area contributed by atoms with Gasteiger partial charge in [0.2, 0.25) is 0 Å². The summed E-state index contributed by atoms with van der Waals surface area (Å²) in [6.45, 7) is 5.59. The Balaban J connectivity index is 2.47. The second kappa shape index (κ2) is 4.94. The minimum Gasteiger partial charge on any atom is -0.244 e. The van der Waals surface area contributed by atoms with Gasteiger partial charge in [-0.2, -0.15) is 0 Å². The molecular formula is C13H16N2O2S2. The lowest BCUT2D eigenvalue weighted by Crippen LogP contribution is -2.27. The molecule has 0 saturated heterocycles. The molecular weight excluding hydrogens is 280 g/mol. The highest BCUT2D eigenvalue weighted by molar-refractivity contribution is 7.93. The molecule has 0 N–H and O–H groups in total. The topological polar surface area (TPSA) is 50.3 Å². The van der Waals surface area contributed by atoms with Crippen LogP contribution in [0.25, 0.3) is 0 Å². The van der Waals surface area contributed by atoms with E-state index in [1.54, 1.807) is 19.1 Å². The Kier molecular flexibility index (Phi) is 3.64. The molecule has 0 aliphatic heterocycles. The van der Waals surface area contributed by atoms with E-state index in [-0.39, 0.29) is 0 Å². The molecule has 102 valence electrons. The first-order valence-corrected chi connectivity index (χ1v) is 8.12. The summed E-state index contributed by atoms with van der Waals surface area (Å²) in [5, 5.41) is 2.32. The van der Waals surface area contributed by atoms with Gasteiger partial charge < -0.3 is 0 Å². The van der Waals surface area contributed by atoms with Gasteiger partial charge in [0.05, 0.1) is 10.6 Å². The van der Waals surface area contributed by atoms with Crippen molar-refractivity contribution in [1.82, 2.24) is 4.98 Å². The molecule has 2 aromatic rings. The third-order valence-electron chi connectivity index (χ3n) is 2.85. The monoisotopic (exact) mass is 296 g/mol. The van der Waals surface area contributed by atoms with E-state index in [0.717, 1.165) is 16.8 Å². The van der Waals surface area contributed by atoms with E-state index in [1.807, 2.05) is 25.3 Å². The smallest absolute Gasteiger partial charge is 0.244 e. The van der Waals surface area contributed by atoms with Gasteiger partial charge in [-0.1, -0.05) is 17.7 Å². The first-order valence-electron chi connectivity index (χ1n) is 5.80. The zero-order chi connectivity index (χ0) is 14.2. The van der Waals surface area contributed by atoms with Crippen LogP contribution in [0.15, 0.2) is 28.5 Å². The summed E-state index contributed by atoms with van der Waals surface area (Å²) in [7, 11) is -2.01. The van der Waals surface area contributed by atoms with Crippen molar-refractivity contribution >= 4 is 26.5 Å². The molecule has 0 amide bonds. The quantitative estimate of drug-likeness (QED) is 0.875.